The summed E-state index contributed by atoms with van der Waals surface area (Å²) in [4.78, 5) is 25.5. The molecule has 0 unspecified atom stereocenters. The van der Waals surface area contributed by atoms with Crippen molar-refractivity contribution in [1.29, 1.82) is 0 Å². The Morgan fingerprint density at radius 3 is 2.26 bits per heavy atom. The van der Waals surface area contributed by atoms with E-state index in [4.69, 9.17) is 0 Å². The Morgan fingerprint density at radius 1 is 1.00 bits per heavy atom. The lowest BCUT2D eigenvalue weighted by molar-refractivity contribution is -0.890. The van der Waals surface area contributed by atoms with Crippen LogP contribution in [0.3, 0.4) is 0 Å². The zero-order valence-electron chi connectivity index (χ0n) is 13.6. The first-order valence-corrected chi connectivity index (χ1v) is 8.75. The summed E-state index contributed by atoms with van der Waals surface area (Å²) < 4.78 is 0. The Bertz CT molecular complexity index is 544. The molecule has 124 valence electrons. The Balaban J connectivity index is 1.48. The molecule has 1 saturated heterocycles. The molecule has 1 saturated carbocycles. The van der Waals surface area contributed by atoms with Crippen molar-refractivity contribution in [3.8, 4) is 0 Å². The third kappa shape index (κ3) is 5.06. The van der Waals surface area contributed by atoms with Gasteiger partial charge in [-0.1, -0.05) is 0 Å². The maximum Gasteiger partial charge on any atom is 0.279 e. The fourth-order valence-corrected chi connectivity index (χ4v) is 3.04. The van der Waals surface area contributed by atoms with Crippen LogP contribution in [-0.2, 0) is 4.79 Å². The molecule has 1 aliphatic carbocycles. The maximum atomic E-state index is 12.2. The van der Waals surface area contributed by atoms with Gasteiger partial charge in [0.2, 0.25) is 0 Å². The predicted molar refractivity (Wildman–Crippen MR) is 89.6 cm³/mol. The van der Waals surface area contributed by atoms with Gasteiger partial charge in [0.15, 0.2) is 6.54 Å². The highest BCUT2D eigenvalue weighted by molar-refractivity contribution is 5.96. The second-order valence-electron chi connectivity index (χ2n) is 6.71. The predicted octanol–water partition coefficient (Wildman–Crippen LogP) is 0.976. The van der Waals surface area contributed by atoms with Crippen LogP contribution >= 0.6 is 0 Å². The molecule has 3 rings (SSSR count). The van der Waals surface area contributed by atoms with E-state index < -0.39 is 0 Å². The van der Waals surface area contributed by atoms with Crippen molar-refractivity contribution in [2.45, 2.75) is 44.6 Å². The highest BCUT2D eigenvalue weighted by atomic mass is 16.2. The molecule has 0 bridgehead atoms. The maximum absolute atomic E-state index is 12.2. The van der Waals surface area contributed by atoms with E-state index >= 15 is 0 Å². The van der Waals surface area contributed by atoms with E-state index in [2.05, 4.69) is 10.6 Å². The van der Waals surface area contributed by atoms with Crippen LogP contribution in [0.2, 0.25) is 0 Å². The standard InChI is InChI=1S/C18H25N3O2/c22-17(13-21-11-3-1-2-4-12-21)19-15-7-5-14(6-8-15)18(23)20-16-9-10-16/h5-8,16H,1-4,9-13H2,(H,19,22)(H,20,23)/p+1. The van der Waals surface area contributed by atoms with Crippen LogP contribution in [0.15, 0.2) is 24.3 Å². The summed E-state index contributed by atoms with van der Waals surface area (Å²) in [6.07, 6.45) is 7.17. The summed E-state index contributed by atoms with van der Waals surface area (Å²) in [6.45, 7) is 2.71. The Hall–Kier alpha value is -1.88. The van der Waals surface area contributed by atoms with Gasteiger partial charge in [-0.05, 0) is 62.8 Å². The van der Waals surface area contributed by atoms with Crippen molar-refractivity contribution < 1.29 is 14.5 Å². The number of likely N-dealkylation sites (tertiary alicyclic amines) is 1. The average molecular weight is 316 g/mol. The first-order chi connectivity index (χ1) is 11.2. The molecule has 2 fully saturated rings. The number of rotatable bonds is 5. The van der Waals surface area contributed by atoms with E-state index in [1.807, 2.05) is 0 Å². The molecule has 1 aliphatic heterocycles. The smallest absolute Gasteiger partial charge is 0.279 e. The lowest BCUT2D eigenvalue weighted by Crippen LogP contribution is -3.12. The Labute approximate surface area is 137 Å². The number of nitrogens with one attached hydrogen (secondary N) is 3. The monoisotopic (exact) mass is 316 g/mol. The molecule has 1 aromatic rings. The molecule has 3 N–H and O–H groups in total. The molecule has 0 radical (unpaired) electrons. The largest absolute Gasteiger partial charge is 0.349 e. The molecule has 1 aromatic carbocycles. The molecule has 2 amide bonds. The van der Waals surface area contributed by atoms with Crippen LogP contribution in [-0.4, -0.2) is 37.5 Å². The summed E-state index contributed by atoms with van der Waals surface area (Å²) in [5, 5.41) is 5.90. The summed E-state index contributed by atoms with van der Waals surface area (Å²) in [5.41, 5.74) is 1.40. The fourth-order valence-electron chi connectivity index (χ4n) is 3.04. The Kier molecular flexibility index (Phi) is 5.28. The van der Waals surface area contributed by atoms with E-state index in [0.29, 0.717) is 18.2 Å². The minimum Gasteiger partial charge on any atom is -0.349 e. The molecule has 0 aromatic heterocycles. The van der Waals surface area contributed by atoms with Gasteiger partial charge in [-0.25, -0.2) is 0 Å². The zero-order chi connectivity index (χ0) is 16.1. The molecule has 1 heterocycles. The molecule has 0 spiro atoms. The summed E-state index contributed by atoms with van der Waals surface area (Å²) in [7, 11) is 0. The van der Waals surface area contributed by atoms with Crippen molar-refractivity contribution in [2.24, 2.45) is 0 Å². The van der Waals surface area contributed by atoms with Crippen molar-refractivity contribution in [1.82, 2.24) is 5.32 Å². The van der Waals surface area contributed by atoms with Crippen LogP contribution in [0.4, 0.5) is 5.69 Å². The number of quaternary nitrogens is 1. The number of benzene rings is 1. The zero-order valence-corrected chi connectivity index (χ0v) is 13.6. The van der Waals surface area contributed by atoms with Crippen LogP contribution < -0.4 is 15.5 Å². The minimum absolute atomic E-state index is 0.0283. The summed E-state index contributed by atoms with van der Waals surface area (Å²) >= 11 is 0. The van der Waals surface area contributed by atoms with Gasteiger partial charge < -0.3 is 15.5 Å². The van der Waals surface area contributed by atoms with Gasteiger partial charge in [0.25, 0.3) is 11.8 Å². The first kappa shape index (κ1) is 16.0. The third-order valence-electron chi connectivity index (χ3n) is 4.56. The van der Waals surface area contributed by atoms with Crippen molar-refractivity contribution >= 4 is 17.5 Å². The van der Waals surface area contributed by atoms with Gasteiger partial charge in [0, 0.05) is 17.3 Å². The number of hydrogen-bond donors (Lipinski definition) is 3. The molecule has 5 heteroatoms. The quantitative estimate of drug-likeness (QED) is 0.758. The van der Waals surface area contributed by atoms with Crippen molar-refractivity contribution in [2.75, 3.05) is 25.0 Å². The SMILES string of the molecule is O=C(C[NH+]1CCCCCC1)Nc1ccc(C(=O)NC2CC2)cc1. The number of anilines is 1. The van der Waals surface area contributed by atoms with Gasteiger partial charge in [0.1, 0.15) is 0 Å². The van der Waals surface area contributed by atoms with E-state index in [-0.39, 0.29) is 11.8 Å². The van der Waals surface area contributed by atoms with E-state index in [1.165, 1.54) is 30.6 Å². The number of carbonyl (C=O) groups is 2. The van der Waals surface area contributed by atoms with Gasteiger partial charge in [0.05, 0.1) is 13.1 Å². The molecular formula is C18H26N3O2+. The van der Waals surface area contributed by atoms with Crippen molar-refractivity contribution in [3.05, 3.63) is 29.8 Å². The number of hydrogen-bond acceptors (Lipinski definition) is 2. The molecule has 23 heavy (non-hydrogen) atoms. The van der Waals surface area contributed by atoms with Crippen LogP contribution in [0.1, 0.15) is 48.9 Å². The van der Waals surface area contributed by atoms with E-state index in [0.717, 1.165) is 31.6 Å². The summed E-state index contributed by atoms with van der Waals surface area (Å²) in [5.74, 6) is 0.0245. The van der Waals surface area contributed by atoms with Gasteiger partial charge in [-0.3, -0.25) is 9.59 Å². The van der Waals surface area contributed by atoms with Crippen LogP contribution in [0, 0.1) is 0 Å². The van der Waals surface area contributed by atoms with Crippen LogP contribution in [0.25, 0.3) is 0 Å². The van der Waals surface area contributed by atoms with Crippen molar-refractivity contribution in [3.63, 3.8) is 0 Å². The fraction of sp³-hybridized carbons (Fsp3) is 0.556. The average Bonchev–Trinajstić information content (AvgIpc) is 3.36. The summed E-state index contributed by atoms with van der Waals surface area (Å²) in [6, 6.07) is 7.51. The molecule has 0 atom stereocenters. The normalized spacial score (nSPS) is 19.0. The van der Waals surface area contributed by atoms with Crippen LogP contribution in [0.5, 0.6) is 0 Å². The Morgan fingerprint density at radius 2 is 1.65 bits per heavy atom. The second-order valence-corrected chi connectivity index (χ2v) is 6.71. The molecule has 2 aliphatic rings. The topological polar surface area (TPSA) is 62.6 Å². The highest BCUT2D eigenvalue weighted by Crippen LogP contribution is 2.19. The second kappa shape index (κ2) is 7.59. The van der Waals surface area contributed by atoms with E-state index in [1.54, 1.807) is 24.3 Å². The first-order valence-electron chi connectivity index (χ1n) is 8.75. The third-order valence-corrected chi connectivity index (χ3v) is 4.56. The minimum atomic E-state index is -0.0283. The highest BCUT2D eigenvalue weighted by Gasteiger charge is 2.23. The van der Waals surface area contributed by atoms with E-state index in [9.17, 15) is 9.59 Å². The molecule has 5 nitrogen and oxygen atoms in total. The lowest BCUT2D eigenvalue weighted by atomic mass is 10.2. The lowest BCUT2D eigenvalue weighted by Gasteiger charge is -2.16. The number of carbonyl (C=O) groups excluding carboxylic acids is 2. The number of amides is 2. The van der Waals surface area contributed by atoms with Gasteiger partial charge >= 0.3 is 0 Å². The van der Waals surface area contributed by atoms with Gasteiger partial charge in [-0.15, -0.1) is 0 Å². The molecular weight excluding hydrogens is 290 g/mol. The van der Waals surface area contributed by atoms with Gasteiger partial charge in [-0.2, -0.15) is 0 Å².